The minimum absolute atomic E-state index is 0.0423. The molecule has 13 atom stereocenters. The number of carboxylic acids is 1. The first-order valence-corrected chi connectivity index (χ1v) is 49.5. The number of aliphatic hydroxyl groups is 1. The van der Waals surface area contributed by atoms with Crippen molar-refractivity contribution in [1.29, 1.82) is 0 Å². The number of aliphatic hydroxyl groups excluding tert-OH is 1. The minimum Gasteiger partial charge on any atom is -0.481 e. The summed E-state index contributed by atoms with van der Waals surface area (Å²) in [6.45, 7) is 9.17. The Labute approximate surface area is 805 Å². The second kappa shape index (κ2) is 49.9. The molecule has 9 heterocycles. The van der Waals surface area contributed by atoms with Gasteiger partial charge in [0.1, 0.15) is 60.2 Å². The van der Waals surface area contributed by atoms with Gasteiger partial charge in [0, 0.05) is 126 Å². The van der Waals surface area contributed by atoms with Gasteiger partial charge in [-0.3, -0.25) is 96.5 Å². The van der Waals surface area contributed by atoms with Crippen LogP contribution in [-0.4, -0.2) is 269 Å². The molecule has 2 aromatic carbocycles. The fourth-order valence-corrected chi connectivity index (χ4v) is 19.6. The number of primary amides is 1. The molecule has 10 bridgehead atoms. The number of aromatic amines is 2. The number of pyridine rings is 3. The van der Waals surface area contributed by atoms with Crippen molar-refractivity contribution in [2.24, 2.45) is 35.1 Å². The Hall–Kier alpha value is -12.7. The predicted molar refractivity (Wildman–Crippen MR) is 511 cm³/mol. The highest BCUT2D eigenvalue weighted by Gasteiger charge is 2.43. The van der Waals surface area contributed by atoms with Crippen molar-refractivity contribution in [1.82, 2.24) is 92.4 Å². The number of para-hydroxylation sites is 2. The van der Waals surface area contributed by atoms with E-state index in [9.17, 15) is 67.7 Å². The van der Waals surface area contributed by atoms with Crippen molar-refractivity contribution in [3.63, 3.8) is 0 Å². The van der Waals surface area contributed by atoms with E-state index in [1.807, 2.05) is 0 Å². The number of aromatic nitrogens is 5. The number of thioether (sulfide) groups is 3. The van der Waals surface area contributed by atoms with Crippen molar-refractivity contribution in [3.05, 3.63) is 161 Å². The molecule has 39 nitrogen and oxygen atoms in total. The summed E-state index contributed by atoms with van der Waals surface area (Å²) < 4.78 is 0. The standard InChI is InChI=1S/C95H122N20O19S3/c1-8-56-37-77(118)85(55(7)116)111-88(127)59(38-76(117)54(6)96)49-135-32-28-79(120)112-43-60-17-13-19-62(101-60)45-113-46-63-20-15-22-65(103-63)48-114(47-64-21-14-18-61(44-112)102-64)81(122)30-34-137-51-74(108-87(56)126)92(131)105-71(36-58-41-99-69-26-12-10-24-67(58)69)91(130)109-83(52(2)3)94(133)106-72(39-82(123)124)89(128)100-42-78(119)104-70(35-57-40-98-68-25-11-9-23-66(57)68)90(129)110-84(53(4)5)95(134)115-31-16-27-75(115)93(132)107-73(86(97)125)50-136-33-29-80(113)121/h9-15,17-26,40-41,52-56,59,70-75,83-85,98-99,116H,8,16,27-39,42-51,96H2,1-7H3,(H2,97,125)(H,100,128)(H,104,119)(H,105,131)(H,106,133)(H,107,132)(H,108,126)(H,109,130)(H,110,129)(H,111,127)(H,123,124)/t54-,55+,56+,59-,70-,71-,72-,73-,74-,75-,83-,84-,85-/m0/s1. The molecule has 137 heavy (non-hydrogen) atoms. The number of aliphatic carboxylic acids is 1. The van der Waals surface area contributed by atoms with Gasteiger partial charge in [-0.15, -0.1) is 0 Å². The molecule has 0 unspecified atom stereocenters. The Morgan fingerprint density at radius 2 is 0.934 bits per heavy atom. The molecule has 0 radical (unpaired) electrons. The number of H-pyrrole nitrogens is 2. The molecule has 7 aromatic rings. The molecular weight excluding hydrogens is 1820 g/mol. The summed E-state index contributed by atoms with van der Waals surface area (Å²) >= 11 is 3.35. The average Bonchev–Trinajstić information content (AvgIpc) is 1.68. The van der Waals surface area contributed by atoms with Gasteiger partial charge >= 0.3 is 5.97 Å². The van der Waals surface area contributed by atoms with E-state index < -0.39 is 210 Å². The normalized spacial score (nSPS) is 23.9. The average molecular weight is 1940 g/mol. The zero-order chi connectivity index (χ0) is 98.8. The Morgan fingerprint density at radius 1 is 0.482 bits per heavy atom. The van der Waals surface area contributed by atoms with Crippen molar-refractivity contribution in [2.45, 2.75) is 225 Å². The summed E-state index contributed by atoms with van der Waals surface area (Å²) in [6, 6.07) is 14.8. The van der Waals surface area contributed by atoms with Crippen LogP contribution in [-0.2, 0) is 134 Å². The molecular formula is C95H122N20O19S3. The summed E-state index contributed by atoms with van der Waals surface area (Å²) in [5.74, 6) is -18.6. The van der Waals surface area contributed by atoms with Crippen LogP contribution in [0.15, 0.2) is 116 Å². The summed E-state index contributed by atoms with van der Waals surface area (Å²) in [6.07, 6.45) is -1.04. The highest BCUT2D eigenvalue weighted by molar-refractivity contribution is 7.99. The van der Waals surface area contributed by atoms with Crippen molar-refractivity contribution >= 4 is 157 Å². The first-order chi connectivity index (χ1) is 65.5. The van der Waals surface area contributed by atoms with Crippen molar-refractivity contribution < 1.29 is 91.7 Å². The van der Waals surface area contributed by atoms with Crippen LogP contribution in [0.5, 0.6) is 0 Å². The third kappa shape index (κ3) is 29.7. The molecule has 0 saturated carbocycles. The smallest absolute Gasteiger partial charge is 0.305 e. The Bertz CT molecular complexity index is 5580. The maximum Gasteiger partial charge on any atom is 0.305 e. The summed E-state index contributed by atoms with van der Waals surface area (Å²) in [4.78, 5) is 276. The Morgan fingerprint density at radius 3 is 1.40 bits per heavy atom. The van der Waals surface area contributed by atoms with Gasteiger partial charge in [-0.2, -0.15) is 35.3 Å². The number of nitrogens with zero attached hydrogens (tertiary/aromatic N) is 7. The Kier molecular flexibility index (Phi) is 38.2. The van der Waals surface area contributed by atoms with Gasteiger partial charge in [-0.05, 0) is 105 Å². The quantitative estimate of drug-likeness (QED) is 0.0742. The summed E-state index contributed by atoms with van der Waals surface area (Å²) in [7, 11) is 0. The van der Waals surface area contributed by atoms with Crippen molar-refractivity contribution in [3.8, 4) is 0 Å². The lowest BCUT2D eigenvalue weighted by atomic mass is 9.92. The van der Waals surface area contributed by atoms with Gasteiger partial charge < -0.3 is 99.1 Å². The number of carbonyl (C=O) groups excluding carboxylic acids is 16. The second-order valence-corrected chi connectivity index (χ2v) is 39.1. The summed E-state index contributed by atoms with van der Waals surface area (Å²) in [5, 5.41) is 46.8. The van der Waals surface area contributed by atoms with Crippen LogP contribution in [0.4, 0.5) is 0 Å². The SMILES string of the molecule is CC[C@@H]1CC(=O)[C@H]([C@@H](C)O)NC(=O)[C@@H](CC(=O)[C@H](C)N)CSCCC(=O)N2Cc3cccc(n3)CN3Cc4cccc(n4)CN(Cc4cccc(n4)C2)C(=O)CCSC[C@H](NC1=O)C(=O)N[C@@H](Cc1c[nH]c2ccccc12)C(=O)N[C@@H](C(C)C)C(=O)N[C@@H](CC(=O)O)C(=O)NCC(=O)N[C@@H](Cc1c[nH]c2ccccc12)C(=O)N[C@@H](C(C)C)C(=O)N1CCC[C@H]1C(=O)N[C@H](C(N)=O)CSCCC3=O. The molecule has 0 spiro atoms. The number of hydrogen-bond acceptors (Lipinski definition) is 25. The number of benzene rings is 2. The molecule has 42 heteroatoms. The van der Waals surface area contributed by atoms with E-state index in [1.54, 1.807) is 141 Å². The van der Waals surface area contributed by atoms with Gasteiger partial charge in [0.2, 0.25) is 82.7 Å². The molecule has 0 aliphatic carbocycles. The highest BCUT2D eigenvalue weighted by atomic mass is 32.2. The number of carbonyl (C=O) groups is 17. The third-order valence-corrected chi connectivity index (χ3v) is 27.6. The number of rotatable bonds is 14. The van der Waals surface area contributed by atoms with E-state index in [1.165, 1.54) is 42.4 Å². The van der Waals surface area contributed by atoms with E-state index in [2.05, 4.69) is 57.8 Å². The maximum absolute atomic E-state index is 15.6. The molecule has 734 valence electrons. The molecule has 14 amide bonds. The van der Waals surface area contributed by atoms with Crippen LogP contribution >= 0.6 is 35.3 Å². The first-order valence-electron chi connectivity index (χ1n) is 46.0. The second-order valence-electron chi connectivity index (χ2n) is 35.6. The van der Waals surface area contributed by atoms with E-state index in [-0.39, 0.29) is 131 Å². The van der Waals surface area contributed by atoms with E-state index in [0.29, 0.717) is 73.5 Å². The monoisotopic (exact) mass is 1940 g/mol. The number of Topliss-reactive ketones (excluding diaryl/α,β-unsaturated/α-hetero) is 2. The predicted octanol–water partition coefficient (Wildman–Crippen LogP) is 2.16. The molecule has 1 saturated heterocycles. The molecule has 4 aliphatic heterocycles. The van der Waals surface area contributed by atoms with Crippen LogP contribution in [0.25, 0.3) is 21.8 Å². The lowest BCUT2D eigenvalue weighted by Crippen LogP contribution is -2.61. The van der Waals surface area contributed by atoms with E-state index in [4.69, 9.17) is 26.4 Å². The fraction of sp³-hybridized carbons (Fsp3) is 0.495. The van der Waals surface area contributed by atoms with Crippen LogP contribution < -0.4 is 59.3 Å². The topological polar surface area (TPSA) is 574 Å². The fourth-order valence-electron chi connectivity index (χ4n) is 16.6. The van der Waals surface area contributed by atoms with Crippen LogP contribution in [0, 0.1) is 23.7 Å². The van der Waals surface area contributed by atoms with Crippen LogP contribution in [0.3, 0.4) is 0 Å². The van der Waals surface area contributed by atoms with Crippen molar-refractivity contribution in [2.75, 3.05) is 47.6 Å². The largest absolute Gasteiger partial charge is 0.481 e. The van der Waals surface area contributed by atoms with E-state index >= 15 is 24.0 Å². The lowest BCUT2D eigenvalue weighted by Gasteiger charge is -2.32. The number of amides is 14. The van der Waals surface area contributed by atoms with Gasteiger partial charge in [-0.1, -0.05) is 89.2 Å². The van der Waals surface area contributed by atoms with E-state index in [0.717, 1.165) is 35.3 Å². The summed E-state index contributed by atoms with van der Waals surface area (Å²) in [5.41, 5.74) is 16.8. The molecule has 4 aliphatic rings. The van der Waals surface area contributed by atoms with Gasteiger partial charge in [0.05, 0.1) is 104 Å². The number of hydrogen-bond donors (Lipinski definition) is 15. The number of carboxylic acid groups (broad SMARTS) is 1. The maximum atomic E-state index is 15.6. The zero-order valence-corrected chi connectivity index (χ0v) is 80.1. The molecule has 5 aromatic heterocycles. The number of nitrogens with one attached hydrogen (secondary N) is 11. The Balaban J connectivity index is 0.983. The number of fused-ring (bicyclic) bond motifs is 12. The number of ketones is 2. The lowest BCUT2D eigenvalue weighted by molar-refractivity contribution is -0.143. The molecule has 11 rings (SSSR count). The van der Waals surface area contributed by atoms with Gasteiger partial charge in [-0.25, -0.2) is 0 Å². The van der Waals surface area contributed by atoms with Crippen LogP contribution in [0.2, 0.25) is 0 Å². The highest BCUT2D eigenvalue weighted by Crippen LogP contribution is 2.28. The molecule has 1 fully saturated rings. The van der Waals surface area contributed by atoms with Crippen LogP contribution in [0.1, 0.15) is 152 Å². The minimum atomic E-state index is -1.95. The first kappa shape index (κ1) is 105. The van der Waals surface area contributed by atoms with Gasteiger partial charge in [0.25, 0.3) is 0 Å². The zero-order valence-electron chi connectivity index (χ0n) is 77.7. The molecule has 17 N–H and O–H groups in total. The number of nitrogens with two attached hydrogens (primary N) is 2. The third-order valence-electron chi connectivity index (χ3n) is 24.3. The van der Waals surface area contributed by atoms with Gasteiger partial charge in [0.15, 0.2) is 5.78 Å².